The van der Waals surface area contributed by atoms with Crippen LogP contribution in [0.3, 0.4) is 0 Å². The number of fused-ring (bicyclic) bond motifs is 1. The number of aromatic nitrogens is 4. The van der Waals surface area contributed by atoms with E-state index in [1.54, 1.807) is 18.0 Å². The fraction of sp³-hybridized carbons (Fsp3) is 0.375. The smallest absolute Gasteiger partial charge is 0.219 e. The van der Waals surface area contributed by atoms with E-state index in [4.69, 9.17) is 9.97 Å². The van der Waals surface area contributed by atoms with Crippen LogP contribution in [-0.4, -0.2) is 63.5 Å². The van der Waals surface area contributed by atoms with Crippen LogP contribution < -0.4 is 9.80 Å². The lowest BCUT2D eigenvalue weighted by atomic mass is 9.99. The number of amides is 1. The monoisotopic (exact) mass is 447 g/mol. The summed E-state index contributed by atoms with van der Waals surface area (Å²) < 4.78 is 14.6. The van der Waals surface area contributed by atoms with Crippen LogP contribution in [0, 0.1) is 5.82 Å². The minimum absolute atomic E-state index is 0.0387. The van der Waals surface area contributed by atoms with Crippen molar-refractivity contribution in [1.82, 2.24) is 24.8 Å². The molecule has 3 aromatic rings. The molecule has 5 rings (SSSR count). The average Bonchev–Trinajstić information content (AvgIpc) is 2.84. The second kappa shape index (κ2) is 8.73. The molecule has 3 aromatic heterocycles. The molecule has 0 aromatic carbocycles. The Morgan fingerprint density at radius 1 is 1.03 bits per heavy atom. The Morgan fingerprint density at radius 3 is 2.55 bits per heavy atom. The molecule has 0 aliphatic carbocycles. The highest BCUT2D eigenvalue weighted by Gasteiger charge is 2.28. The van der Waals surface area contributed by atoms with Gasteiger partial charge in [0.1, 0.15) is 23.1 Å². The molecule has 0 N–H and O–H groups in total. The summed E-state index contributed by atoms with van der Waals surface area (Å²) in [6, 6.07) is 8.60. The molecule has 1 amide bonds. The first-order chi connectivity index (χ1) is 16.0. The zero-order valence-corrected chi connectivity index (χ0v) is 18.8. The van der Waals surface area contributed by atoms with Crippen molar-refractivity contribution >= 4 is 17.5 Å². The first-order valence-electron chi connectivity index (χ1n) is 11.2. The van der Waals surface area contributed by atoms with Crippen molar-refractivity contribution in [2.45, 2.75) is 26.3 Å². The van der Waals surface area contributed by atoms with Gasteiger partial charge < -0.3 is 14.7 Å². The van der Waals surface area contributed by atoms with Gasteiger partial charge in [0, 0.05) is 76.2 Å². The van der Waals surface area contributed by atoms with Crippen molar-refractivity contribution in [2.75, 3.05) is 42.5 Å². The molecular formula is C24H26FN7O. The van der Waals surface area contributed by atoms with Gasteiger partial charge in [0.15, 0.2) is 5.82 Å². The van der Waals surface area contributed by atoms with E-state index < -0.39 is 0 Å². The van der Waals surface area contributed by atoms with E-state index in [0.29, 0.717) is 56.6 Å². The minimum Gasteiger partial charge on any atom is -0.353 e. The van der Waals surface area contributed by atoms with Gasteiger partial charge in [0.2, 0.25) is 5.91 Å². The van der Waals surface area contributed by atoms with Crippen LogP contribution in [0.15, 0.2) is 42.7 Å². The lowest BCUT2D eigenvalue weighted by molar-refractivity contribution is -0.129. The summed E-state index contributed by atoms with van der Waals surface area (Å²) in [5.74, 6) is 1.57. The van der Waals surface area contributed by atoms with E-state index in [1.807, 2.05) is 29.3 Å². The Morgan fingerprint density at radius 2 is 1.82 bits per heavy atom. The second-order valence-corrected chi connectivity index (χ2v) is 8.42. The molecule has 1 fully saturated rings. The van der Waals surface area contributed by atoms with Gasteiger partial charge in [-0.2, -0.15) is 0 Å². The molecule has 0 radical (unpaired) electrons. The molecule has 33 heavy (non-hydrogen) atoms. The summed E-state index contributed by atoms with van der Waals surface area (Å²) in [5.41, 5.74) is 2.76. The molecular weight excluding hydrogens is 421 g/mol. The molecule has 2 aliphatic rings. The van der Waals surface area contributed by atoms with Crippen LogP contribution >= 0.6 is 0 Å². The van der Waals surface area contributed by atoms with Gasteiger partial charge >= 0.3 is 0 Å². The number of rotatable bonds is 3. The molecule has 0 saturated carbocycles. The van der Waals surface area contributed by atoms with Crippen molar-refractivity contribution in [1.29, 1.82) is 0 Å². The highest BCUT2D eigenvalue weighted by atomic mass is 19.1. The van der Waals surface area contributed by atoms with Gasteiger partial charge in [-0.25, -0.2) is 19.3 Å². The van der Waals surface area contributed by atoms with Crippen LogP contribution in [0.2, 0.25) is 0 Å². The van der Waals surface area contributed by atoms with E-state index in [1.165, 1.54) is 12.1 Å². The average molecular weight is 448 g/mol. The number of halogens is 1. The fourth-order valence-corrected chi connectivity index (χ4v) is 4.52. The van der Waals surface area contributed by atoms with Crippen LogP contribution in [-0.2, 0) is 11.2 Å². The first kappa shape index (κ1) is 21.2. The molecule has 1 saturated heterocycles. The Balaban J connectivity index is 1.38. The van der Waals surface area contributed by atoms with Crippen LogP contribution in [0.1, 0.15) is 31.1 Å². The number of pyridine rings is 2. The van der Waals surface area contributed by atoms with Crippen molar-refractivity contribution in [3.63, 3.8) is 0 Å². The zero-order chi connectivity index (χ0) is 22.9. The normalized spacial score (nSPS) is 18.3. The molecule has 1 unspecified atom stereocenters. The molecule has 9 heteroatoms. The summed E-state index contributed by atoms with van der Waals surface area (Å²) in [6.45, 7) is 6.84. The molecule has 2 aliphatic heterocycles. The number of anilines is 2. The number of nitrogens with zero attached hydrogens (tertiary/aromatic N) is 7. The summed E-state index contributed by atoms with van der Waals surface area (Å²) >= 11 is 0. The van der Waals surface area contributed by atoms with E-state index in [-0.39, 0.29) is 17.8 Å². The van der Waals surface area contributed by atoms with E-state index in [0.717, 1.165) is 17.0 Å². The third-order valence-corrected chi connectivity index (χ3v) is 6.41. The molecule has 0 spiro atoms. The third-order valence-electron chi connectivity index (χ3n) is 6.41. The molecule has 1 atom stereocenters. The van der Waals surface area contributed by atoms with E-state index >= 15 is 0 Å². The van der Waals surface area contributed by atoms with Crippen LogP contribution in [0.5, 0.6) is 0 Å². The van der Waals surface area contributed by atoms with Gasteiger partial charge in [-0.1, -0.05) is 6.07 Å². The number of hydrogen-bond donors (Lipinski definition) is 0. The largest absolute Gasteiger partial charge is 0.353 e. The predicted octanol–water partition coefficient (Wildman–Crippen LogP) is 2.86. The summed E-state index contributed by atoms with van der Waals surface area (Å²) in [5, 5.41) is 0. The molecule has 5 heterocycles. The number of carbonyl (C=O) groups excluding carboxylic acids is 1. The Labute approximate surface area is 192 Å². The van der Waals surface area contributed by atoms with E-state index in [9.17, 15) is 9.18 Å². The van der Waals surface area contributed by atoms with Crippen molar-refractivity contribution < 1.29 is 9.18 Å². The highest BCUT2D eigenvalue weighted by Crippen LogP contribution is 2.33. The lowest BCUT2D eigenvalue weighted by Crippen LogP contribution is -2.48. The second-order valence-electron chi connectivity index (χ2n) is 8.42. The van der Waals surface area contributed by atoms with Crippen molar-refractivity contribution in [2.24, 2.45) is 0 Å². The van der Waals surface area contributed by atoms with Gasteiger partial charge in [0.25, 0.3) is 0 Å². The summed E-state index contributed by atoms with van der Waals surface area (Å²) in [4.78, 5) is 36.0. The Kier molecular flexibility index (Phi) is 5.62. The van der Waals surface area contributed by atoms with Gasteiger partial charge in [-0.15, -0.1) is 0 Å². The first-order valence-corrected chi connectivity index (χ1v) is 11.2. The highest BCUT2D eigenvalue weighted by molar-refractivity contribution is 5.73. The lowest BCUT2D eigenvalue weighted by Gasteiger charge is -2.37. The maximum absolute atomic E-state index is 14.6. The quantitative estimate of drug-likeness (QED) is 0.611. The van der Waals surface area contributed by atoms with E-state index in [2.05, 4.69) is 21.8 Å². The predicted molar refractivity (Wildman–Crippen MR) is 123 cm³/mol. The van der Waals surface area contributed by atoms with Gasteiger partial charge in [-0.3, -0.25) is 9.78 Å². The van der Waals surface area contributed by atoms with Crippen molar-refractivity contribution in [3.05, 3.63) is 59.8 Å². The summed E-state index contributed by atoms with van der Waals surface area (Å²) in [7, 11) is 0. The van der Waals surface area contributed by atoms with Crippen molar-refractivity contribution in [3.8, 4) is 11.5 Å². The van der Waals surface area contributed by atoms with Crippen LogP contribution in [0.4, 0.5) is 16.0 Å². The number of piperazine rings is 1. The third kappa shape index (κ3) is 4.22. The minimum atomic E-state index is -0.316. The number of hydrogen-bond acceptors (Lipinski definition) is 7. The Hall–Kier alpha value is -3.62. The topological polar surface area (TPSA) is 78.4 Å². The summed E-state index contributed by atoms with van der Waals surface area (Å²) in [6.07, 6.45) is 4.30. The molecule has 170 valence electrons. The SMILES string of the molecule is CC(=O)N1CCN(c2cc(F)cc(N3CCc4nc(-c5ccccn5)ncc4C3C)n2)CC1. The Bertz CT molecular complexity index is 1160. The maximum atomic E-state index is 14.6. The standard InChI is InChI=1S/C24H26FN7O/c1-16-19-15-27-24(21-5-3-4-7-26-21)28-20(19)6-8-32(16)23-14-18(25)13-22(29-23)31-11-9-30(10-12-31)17(2)33/h3-5,7,13-16H,6,8-12H2,1-2H3. The van der Waals surface area contributed by atoms with Crippen LogP contribution in [0.25, 0.3) is 11.5 Å². The van der Waals surface area contributed by atoms with Gasteiger partial charge in [-0.05, 0) is 19.1 Å². The fourth-order valence-electron chi connectivity index (χ4n) is 4.52. The number of carbonyl (C=O) groups is 1. The molecule has 8 nitrogen and oxygen atoms in total. The van der Waals surface area contributed by atoms with Gasteiger partial charge in [0.05, 0.1) is 11.7 Å². The molecule has 0 bridgehead atoms. The maximum Gasteiger partial charge on any atom is 0.219 e. The zero-order valence-electron chi connectivity index (χ0n) is 18.8.